The van der Waals surface area contributed by atoms with Crippen molar-refractivity contribution in [2.24, 2.45) is 0 Å². The zero-order valence-electron chi connectivity index (χ0n) is 10.4. The van der Waals surface area contributed by atoms with Gasteiger partial charge in [-0.2, -0.15) is 15.1 Å². The number of anilines is 3. The Morgan fingerprint density at radius 2 is 2.05 bits per heavy atom. The van der Waals surface area contributed by atoms with E-state index in [9.17, 15) is 8.78 Å². The van der Waals surface area contributed by atoms with Gasteiger partial charge in [-0.25, -0.2) is 8.78 Å². The molecule has 3 rings (SSSR count). The first-order valence-electron chi connectivity index (χ1n) is 5.74. The standard InChI is InChI=1S/C12H10F2N6/c1-5-2-3-7(13)9(8(5)14)17-10-6-4-16-20-11(6)19-12(15)18-10/h2-4H,1H3,(H4,15,16,17,18,19,20). The van der Waals surface area contributed by atoms with E-state index in [-0.39, 0.29) is 17.5 Å². The smallest absolute Gasteiger partial charge is 0.224 e. The summed E-state index contributed by atoms with van der Waals surface area (Å²) in [7, 11) is 0. The minimum absolute atomic E-state index is 0.0299. The molecule has 102 valence electrons. The van der Waals surface area contributed by atoms with Crippen LogP contribution in [0.15, 0.2) is 18.3 Å². The first kappa shape index (κ1) is 12.3. The highest BCUT2D eigenvalue weighted by Gasteiger charge is 2.15. The number of nitrogen functional groups attached to an aromatic ring is 1. The van der Waals surface area contributed by atoms with Crippen LogP contribution in [0.1, 0.15) is 5.56 Å². The summed E-state index contributed by atoms with van der Waals surface area (Å²) < 4.78 is 27.7. The Kier molecular flexibility index (Phi) is 2.70. The molecule has 0 aliphatic heterocycles. The molecule has 0 unspecified atom stereocenters. The van der Waals surface area contributed by atoms with Crippen LogP contribution in [-0.4, -0.2) is 20.2 Å². The maximum absolute atomic E-state index is 14.0. The number of aromatic amines is 1. The number of hydrogen-bond acceptors (Lipinski definition) is 5. The summed E-state index contributed by atoms with van der Waals surface area (Å²) >= 11 is 0. The third kappa shape index (κ3) is 1.91. The van der Waals surface area contributed by atoms with Crippen LogP contribution < -0.4 is 11.1 Å². The van der Waals surface area contributed by atoms with Crippen molar-refractivity contribution in [2.45, 2.75) is 6.92 Å². The molecule has 0 aliphatic rings. The number of nitrogens with two attached hydrogens (primary N) is 1. The molecule has 0 atom stereocenters. The van der Waals surface area contributed by atoms with Gasteiger partial charge >= 0.3 is 0 Å². The number of fused-ring (bicyclic) bond motifs is 1. The van der Waals surface area contributed by atoms with E-state index in [1.54, 1.807) is 6.92 Å². The van der Waals surface area contributed by atoms with Crippen LogP contribution >= 0.6 is 0 Å². The Labute approximate surface area is 112 Å². The van der Waals surface area contributed by atoms with E-state index in [1.807, 2.05) is 0 Å². The van der Waals surface area contributed by atoms with Gasteiger partial charge in [-0.3, -0.25) is 5.10 Å². The highest BCUT2D eigenvalue weighted by molar-refractivity contribution is 5.89. The molecule has 20 heavy (non-hydrogen) atoms. The summed E-state index contributed by atoms with van der Waals surface area (Å²) in [5, 5.41) is 9.51. The van der Waals surface area contributed by atoms with Gasteiger partial charge in [0.05, 0.1) is 11.6 Å². The first-order valence-corrected chi connectivity index (χ1v) is 5.74. The molecule has 0 saturated heterocycles. The van der Waals surface area contributed by atoms with E-state index < -0.39 is 11.6 Å². The molecule has 2 aromatic heterocycles. The second-order valence-electron chi connectivity index (χ2n) is 4.24. The van der Waals surface area contributed by atoms with E-state index in [1.165, 1.54) is 18.3 Å². The van der Waals surface area contributed by atoms with Gasteiger partial charge in [-0.1, -0.05) is 6.07 Å². The quantitative estimate of drug-likeness (QED) is 0.667. The molecule has 2 heterocycles. The molecule has 0 spiro atoms. The van der Waals surface area contributed by atoms with Crippen LogP contribution in [-0.2, 0) is 0 Å². The average Bonchev–Trinajstić information content (AvgIpc) is 2.87. The van der Waals surface area contributed by atoms with Crippen molar-refractivity contribution >= 4 is 28.5 Å². The summed E-state index contributed by atoms with van der Waals surface area (Å²) in [6.07, 6.45) is 1.45. The maximum Gasteiger partial charge on any atom is 0.224 e. The molecule has 0 radical (unpaired) electrons. The number of nitrogens with one attached hydrogen (secondary N) is 2. The van der Waals surface area contributed by atoms with E-state index in [2.05, 4.69) is 25.5 Å². The number of halogens is 2. The van der Waals surface area contributed by atoms with E-state index >= 15 is 0 Å². The Bertz CT molecular complexity index is 798. The molecule has 0 saturated carbocycles. The van der Waals surface area contributed by atoms with Gasteiger partial charge < -0.3 is 11.1 Å². The fraction of sp³-hybridized carbons (Fsp3) is 0.0833. The minimum atomic E-state index is -0.720. The predicted octanol–water partition coefficient (Wildman–Crippen LogP) is 2.27. The molecule has 0 fully saturated rings. The van der Waals surface area contributed by atoms with Gasteiger partial charge in [0.2, 0.25) is 5.95 Å². The highest BCUT2D eigenvalue weighted by Crippen LogP contribution is 2.28. The lowest BCUT2D eigenvalue weighted by molar-refractivity contribution is 0.585. The molecule has 1 aromatic carbocycles. The van der Waals surface area contributed by atoms with Crippen LogP contribution in [0.25, 0.3) is 11.0 Å². The molecule has 0 amide bonds. The number of rotatable bonds is 2. The topological polar surface area (TPSA) is 92.5 Å². The number of H-pyrrole nitrogens is 1. The maximum atomic E-state index is 14.0. The van der Waals surface area contributed by atoms with Crippen LogP contribution in [0.2, 0.25) is 0 Å². The second kappa shape index (κ2) is 4.41. The molecule has 3 aromatic rings. The van der Waals surface area contributed by atoms with Gasteiger partial charge in [0, 0.05) is 0 Å². The SMILES string of the molecule is Cc1ccc(F)c(Nc2nc(N)nc3[nH]ncc23)c1F. The number of hydrogen-bond donors (Lipinski definition) is 3. The second-order valence-corrected chi connectivity index (χ2v) is 4.24. The highest BCUT2D eigenvalue weighted by atomic mass is 19.1. The number of aromatic nitrogens is 4. The minimum Gasteiger partial charge on any atom is -0.368 e. The first-order chi connectivity index (χ1) is 9.56. The van der Waals surface area contributed by atoms with Crippen molar-refractivity contribution in [1.29, 1.82) is 0 Å². The predicted molar refractivity (Wildman–Crippen MR) is 70.5 cm³/mol. The summed E-state index contributed by atoms with van der Waals surface area (Å²) in [5.41, 5.74) is 5.96. The van der Waals surface area contributed by atoms with Crippen LogP contribution in [0.5, 0.6) is 0 Å². The Morgan fingerprint density at radius 1 is 1.25 bits per heavy atom. The molecular formula is C12H10F2N6. The summed E-state index contributed by atoms with van der Waals surface area (Å²) in [4.78, 5) is 7.86. The van der Waals surface area contributed by atoms with Crippen LogP contribution in [0.3, 0.4) is 0 Å². The number of benzene rings is 1. The molecule has 0 aliphatic carbocycles. The van der Waals surface area contributed by atoms with Gasteiger partial charge in [-0.15, -0.1) is 0 Å². The van der Waals surface area contributed by atoms with E-state index in [0.717, 1.165) is 0 Å². The third-order valence-electron chi connectivity index (χ3n) is 2.85. The van der Waals surface area contributed by atoms with Crippen molar-refractivity contribution in [3.05, 3.63) is 35.5 Å². The molecule has 0 bridgehead atoms. The average molecular weight is 276 g/mol. The number of aryl methyl sites for hydroxylation is 1. The summed E-state index contributed by atoms with van der Waals surface area (Å²) in [6.45, 7) is 1.54. The lowest BCUT2D eigenvalue weighted by atomic mass is 10.2. The Hall–Kier alpha value is -2.77. The molecular weight excluding hydrogens is 266 g/mol. The fourth-order valence-corrected chi connectivity index (χ4v) is 1.84. The molecule has 8 heteroatoms. The van der Waals surface area contributed by atoms with Crippen molar-refractivity contribution in [2.75, 3.05) is 11.1 Å². The summed E-state index contributed by atoms with van der Waals surface area (Å²) in [5.74, 6) is -1.25. The van der Waals surface area contributed by atoms with Crippen LogP contribution in [0, 0.1) is 18.6 Å². The van der Waals surface area contributed by atoms with Crippen LogP contribution in [0.4, 0.5) is 26.2 Å². The van der Waals surface area contributed by atoms with Gasteiger partial charge in [-0.05, 0) is 18.6 Å². The molecule has 6 nitrogen and oxygen atoms in total. The largest absolute Gasteiger partial charge is 0.368 e. The van der Waals surface area contributed by atoms with E-state index in [0.29, 0.717) is 16.6 Å². The van der Waals surface area contributed by atoms with Gasteiger partial charge in [0.15, 0.2) is 11.5 Å². The lowest BCUT2D eigenvalue weighted by Gasteiger charge is -2.10. The Morgan fingerprint density at radius 3 is 2.85 bits per heavy atom. The number of nitrogens with zero attached hydrogens (tertiary/aromatic N) is 3. The van der Waals surface area contributed by atoms with Crippen molar-refractivity contribution in [3.8, 4) is 0 Å². The zero-order valence-corrected chi connectivity index (χ0v) is 10.4. The third-order valence-corrected chi connectivity index (χ3v) is 2.85. The van der Waals surface area contributed by atoms with Gasteiger partial charge in [0.25, 0.3) is 0 Å². The van der Waals surface area contributed by atoms with Crippen molar-refractivity contribution < 1.29 is 8.78 Å². The normalized spacial score (nSPS) is 10.9. The zero-order chi connectivity index (χ0) is 14.3. The van der Waals surface area contributed by atoms with Crippen molar-refractivity contribution in [3.63, 3.8) is 0 Å². The Balaban J connectivity index is 2.14. The van der Waals surface area contributed by atoms with E-state index in [4.69, 9.17) is 5.73 Å². The van der Waals surface area contributed by atoms with Crippen molar-refractivity contribution in [1.82, 2.24) is 20.2 Å². The lowest BCUT2D eigenvalue weighted by Crippen LogP contribution is -2.04. The molecule has 4 N–H and O–H groups in total. The fourth-order valence-electron chi connectivity index (χ4n) is 1.84. The van der Waals surface area contributed by atoms with Gasteiger partial charge in [0.1, 0.15) is 17.3 Å². The summed E-state index contributed by atoms with van der Waals surface area (Å²) in [6, 6.07) is 2.54. The monoisotopic (exact) mass is 276 g/mol.